The van der Waals surface area contributed by atoms with Gasteiger partial charge in [0.05, 0.1) is 18.1 Å². The molecular weight excluding hydrogens is 196 g/mol. The van der Waals surface area contributed by atoms with Crippen LogP contribution < -0.4 is 5.73 Å². The Kier molecular flexibility index (Phi) is 5.85. The van der Waals surface area contributed by atoms with Gasteiger partial charge in [0, 0.05) is 6.54 Å². The van der Waals surface area contributed by atoms with E-state index in [1.807, 2.05) is 0 Å². The van der Waals surface area contributed by atoms with Gasteiger partial charge in [-0.15, -0.1) is 10.2 Å². The van der Waals surface area contributed by atoms with Gasteiger partial charge < -0.3 is 5.73 Å². The molecule has 74 valence electrons. The summed E-state index contributed by atoms with van der Waals surface area (Å²) in [6.07, 6.45) is 3.15. The van der Waals surface area contributed by atoms with E-state index in [0.29, 0.717) is 0 Å². The average Bonchev–Trinajstić information content (AvgIpc) is 2.06. The predicted octanol–water partition coefficient (Wildman–Crippen LogP) is -1.30. The molecule has 0 atom stereocenters. The number of hydrogen-bond acceptors (Lipinski definition) is 6. The summed E-state index contributed by atoms with van der Waals surface area (Å²) in [5, 5.41) is 10.1. The van der Waals surface area contributed by atoms with Gasteiger partial charge in [0.1, 0.15) is 0 Å². The molecule has 7 nitrogen and oxygen atoms in total. The predicted molar refractivity (Wildman–Crippen MR) is 45.3 cm³/mol. The lowest BCUT2D eigenvalue weighted by atomic mass is 10.7. The van der Waals surface area contributed by atoms with Crippen molar-refractivity contribution in [3.63, 3.8) is 0 Å². The monoisotopic (exact) mass is 206 g/mol. The van der Waals surface area contributed by atoms with Crippen LogP contribution in [0.1, 0.15) is 0 Å². The highest BCUT2D eigenvalue weighted by atomic mass is 32.2. The van der Waals surface area contributed by atoms with Gasteiger partial charge in [-0.05, 0) is 11.3 Å². The molecule has 1 aromatic rings. The second-order valence-corrected chi connectivity index (χ2v) is 3.46. The first-order valence-corrected chi connectivity index (χ1v) is 4.91. The van der Waals surface area contributed by atoms with Crippen LogP contribution in [-0.4, -0.2) is 40.7 Å². The molecule has 0 spiro atoms. The second kappa shape index (κ2) is 6.40. The summed E-state index contributed by atoms with van der Waals surface area (Å²) in [5.41, 5.74) is 4.78. The third-order valence-electron chi connectivity index (χ3n) is 0.785. The number of nitrogens with zero attached hydrogens (tertiary/aromatic N) is 3. The Bertz CT molecular complexity index is 274. The van der Waals surface area contributed by atoms with E-state index in [2.05, 4.69) is 15.4 Å². The minimum absolute atomic E-state index is 0.0289. The van der Waals surface area contributed by atoms with E-state index in [4.69, 9.17) is 10.3 Å². The lowest BCUT2D eigenvalue weighted by Gasteiger charge is -1.86. The van der Waals surface area contributed by atoms with Crippen molar-refractivity contribution in [3.05, 3.63) is 18.5 Å². The Balaban J connectivity index is 0.000000223. The van der Waals surface area contributed by atoms with Crippen LogP contribution in [0.15, 0.2) is 18.5 Å². The minimum Gasteiger partial charge on any atom is -0.329 e. The van der Waals surface area contributed by atoms with Crippen LogP contribution in [0.5, 0.6) is 0 Å². The van der Waals surface area contributed by atoms with Crippen molar-refractivity contribution in [2.24, 2.45) is 5.73 Å². The Morgan fingerprint density at radius 1 is 1.31 bits per heavy atom. The highest BCUT2D eigenvalue weighted by molar-refractivity contribution is 7.85. The molecule has 0 unspecified atom stereocenters. The Morgan fingerprint density at radius 3 is 1.92 bits per heavy atom. The fraction of sp³-hybridized carbons (Fsp3) is 0.400. The quantitative estimate of drug-likeness (QED) is 0.577. The molecule has 0 saturated carbocycles. The molecule has 0 bridgehead atoms. The van der Waals surface area contributed by atoms with Gasteiger partial charge in [-0.3, -0.25) is 4.55 Å². The third-order valence-corrected chi connectivity index (χ3v) is 1.54. The average molecular weight is 206 g/mol. The summed E-state index contributed by atoms with van der Waals surface area (Å²) in [5.74, 6) is -0.354. The topological polar surface area (TPSA) is 119 Å². The van der Waals surface area contributed by atoms with Gasteiger partial charge in [-0.2, -0.15) is 8.42 Å². The Morgan fingerprint density at radius 2 is 1.85 bits per heavy atom. The molecule has 13 heavy (non-hydrogen) atoms. The molecule has 1 aromatic heterocycles. The standard InChI is InChI=1S/C3H3N3.C2H7NO3S/c1-2-4-6-5-3-1;3-1-2-7(4,5)6/h1-3H;1-3H2,(H,4,5,6). The van der Waals surface area contributed by atoms with Gasteiger partial charge in [0.15, 0.2) is 0 Å². The van der Waals surface area contributed by atoms with Gasteiger partial charge in [-0.1, -0.05) is 0 Å². The largest absolute Gasteiger partial charge is 0.329 e. The Labute approximate surface area is 75.7 Å². The SMILES string of the molecule is NCCS(=O)(=O)O.c1cnnnc1. The summed E-state index contributed by atoms with van der Waals surface area (Å²) in [7, 11) is -3.80. The zero-order valence-electron chi connectivity index (χ0n) is 6.74. The summed E-state index contributed by atoms with van der Waals surface area (Å²) >= 11 is 0. The van der Waals surface area contributed by atoms with Crippen LogP contribution in [0.2, 0.25) is 0 Å². The first kappa shape index (κ1) is 11.9. The van der Waals surface area contributed by atoms with E-state index in [9.17, 15) is 8.42 Å². The minimum atomic E-state index is -3.80. The van der Waals surface area contributed by atoms with Crippen molar-refractivity contribution in [1.29, 1.82) is 0 Å². The van der Waals surface area contributed by atoms with Crippen LogP contribution in [0, 0.1) is 0 Å². The molecule has 0 fully saturated rings. The molecule has 0 saturated heterocycles. The molecule has 0 radical (unpaired) electrons. The van der Waals surface area contributed by atoms with Crippen LogP contribution >= 0.6 is 0 Å². The van der Waals surface area contributed by atoms with Crippen LogP contribution in [0.3, 0.4) is 0 Å². The number of rotatable bonds is 2. The molecule has 0 aromatic carbocycles. The highest BCUT2D eigenvalue weighted by Crippen LogP contribution is 1.74. The fourth-order valence-corrected chi connectivity index (χ4v) is 0.652. The van der Waals surface area contributed by atoms with Crippen LogP contribution in [-0.2, 0) is 10.1 Å². The van der Waals surface area contributed by atoms with Crippen molar-refractivity contribution in [1.82, 2.24) is 15.4 Å². The maximum absolute atomic E-state index is 9.71. The second-order valence-electron chi connectivity index (χ2n) is 1.89. The first-order chi connectivity index (χ1) is 6.06. The van der Waals surface area contributed by atoms with E-state index in [-0.39, 0.29) is 12.3 Å². The molecule has 0 aliphatic carbocycles. The van der Waals surface area contributed by atoms with E-state index in [1.165, 1.54) is 0 Å². The molecule has 0 aliphatic rings. The molecule has 1 heterocycles. The maximum atomic E-state index is 9.71. The van der Waals surface area contributed by atoms with Crippen LogP contribution in [0.25, 0.3) is 0 Å². The third kappa shape index (κ3) is 10.9. The summed E-state index contributed by atoms with van der Waals surface area (Å²) in [6, 6.07) is 1.72. The van der Waals surface area contributed by atoms with Crippen molar-refractivity contribution >= 4 is 10.1 Å². The molecule has 0 aliphatic heterocycles. The van der Waals surface area contributed by atoms with Gasteiger partial charge in [0.25, 0.3) is 10.1 Å². The molecule has 8 heteroatoms. The van der Waals surface area contributed by atoms with Crippen LogP contribution in [0.4, 0.5) is 0 Å². The van der Waals surface area contributed by atoms with Crippen molar-refractivity contribution < 1.29 is 13.0 Å². The Hall–Kier alpha value is -1.12. The number of hydrogen-bond donors (Lipinski definition) is 2. The van der Waals surface area contributed by atoms with Gasteiger partial charge >= 0.3 is 0 Å². The van der Waals surface area contributed by atoms with Crippen molar-refractivity contribution in [2.75, 3.05) is 12.3 Å². The first-order valence-electron chi connectivity index (χ1n) is 3.30. The smallest absolute Gasteiger partial charge is 0.266 e. The van der Waals surface area contributed by atoms with E-state index in [1.54, 1.807) is 18.5 Å². The zero-order chi connectivity index (χ0) is 10.2. The van der Waals surface area contributed by atoms with Gasteiger partial charge in [0.2, 0.25) is 0 Å². The summed E-state index contributed by atoms with van der Waals surface area (Å²) in [4.78, 5) is 0. The number of aromatic nitrogens is 3. The fourth-order valence-electron chi connectivity index (χ4n) is 0.354. The molecule has 0 amide bonds. The van der Waals surface area contributed by atoms with Gasteiger partial charge in [-0.25, -0.2) is 0 Å². The number of nitrogens with two attached hydrogens (primary N) is 1. The summed E-state index contributed by atoms with van der Waals surface area (Å²) in [6.45, 7) is -0.0289. The van der Waals surface area contributed by atoms with Crippen molar-refractivity contribution in [2.45, 2.75) is 0 Å². The molecular formula is C5H10N4O3S. The highest BCUT2D eigenvalue weighted by Gasteiger charge is 1.98. The zero-order valence-corrected chi connectivity index (χ0v) is 7.55. The van der Waals surface area contributed by atoms with Crippen molar-refractivity contribution in [3.8, 4) is 0 Å². The molecule has 1 rings (SSSR count). The lowest BCUT2D eigenvalue weighted by Crippen LogP contribution is -2.13. The van der Waals surface area contributed by atoms with E-state index >= 15 is 0 Å². The maximum Gasteiger partial charge on any atom is 0.266 e. The summed E-state index contributed by atoms with van der Waals surface area (Å²) < 4.78 is 27.3. The normalized spacial score (nSPS) is 10.0. The lowest BCUT2D eigenvalue weighted by molar-refractivity contribution is 0.483. The van der Waals surface area contributed by atoms with E-state index in [0.717, 1.165) is 0 Å². The molecule has 3 N–H and O–H groups in total. The van der Waals surface area contributed by atoms with E-state index < -0.39 is 10.1 Å².